The van der Waals surface area contributed by atoms with Gasteiger partial charge in [-0.05, 0) is 54.6 Å². The normalized spacial score (nSPS) is 14.8. The first-order chi connectivity index (χ1) is 15.5. The van der Waals surface area contributed by atoms with Crippen LogP contribution in [-0.4, -0.2) is 17.3 Å². The summed E-state index contributed by atoms with van der Waals surface area (Å²) < 4.78 is 12.6. The second kappa shape index (κ2) is 10.1. The van der Waals surface area contributed by atoms with E-state index in [9.17, 15) is 4.79 Å². The van der Waals surface area contributed by atoms with E-state index in [0.717, 1.165) is 15.6 Å². The van der Waals surface area contributed by atoms with Crippen LogP contribution in [0.15, 0.2) is 76.1 Å². The van der Waals surface area contributed by atoms with E-state index in [2.05, 4.69) is 15.9 Å². The second-order valence-electron chi connectivity index (χ2n) is 6.78. The summed E-state index contributed by atoms with van der Waals surface area (Å²) in [5.41, 5.74) is 2.34. The fourth-order valence-corrected chi connectivity index (χ4v) is 4.96. The highest BCUT2D eigenvalue weighted by atomic mass is 79.9. The van der Waals surface area contributed by atoms with Gasteiger partial charge in [0.1, 0.15) is 18.1 Å². The zero-order valence-electron chi connectivity index (χ0n) is 16.9. The minimum Gasteiger partial charge on any atom is -0.497 e. The van der Waals surface area contributed by atoms with E-state index in [4.69, 9.17) is 33.3 Å². The predicted molar refractivity (Wildman–Crippen MR) is 139 cm³/mol. The van der Waals surface area contributed by atoms with E-state index >= 15 is 0 Å². The van der Waals surface area contributed by atoms with Crippen LogP contribution in [0.3, 0.4) is 0 Å². The number of hydrogen-bond acceptors (Lipinski definition) is 5. The van der Waals surface area contributed by atoms with E-state index in [1.807, 2.05) is 54.6 Å². The Labute approximate surface area is 209 Å². The minimum absolute atomic E-state index is 0.179. The van der Waals surface area contributed by atoms with Gasteiger partial charge in [-0.2, -0.15) is 0 Å². The molecule has 4 nitrogen and oxygen atoms in total. The largest absolute Gasteiger partial charge is 0.497 e. The van der Waals surface area contributed by atoms with Gasteiger partial charge in [0.2, 0.25) is 0 Å². The smallest absolute Gasteiger partial charge is 0.270 e. The zero-order chi connectivity index (χ0) is 22.7. The van der Waals surface area contributed by atoms with Gasteiger partial charge in [-0.15, -0.1) is 0 Å². The molecule has 0 spiro atoms. The molecule has 0 radical (unpaired) electrons. The number of thioether (sulfide) groups is 1. The molecule has 0 unspecified atom stereocenters. The number of hydrogen-bond donors (Lipinski definition) is 0. The molecule has 0 saturated carbocycles. The molecule has 8 heteroatoms. The second-order valence-corrected chi connectivity index (χ2v) is 9.78. The van der Waals surface area contributed by atoms with Crippen LogP contribution in [0.1, 0.15) is 11.1 Å². The molecule has 0 N–H and O–H groups in total. The molecule has 162 valence electrons. The summed E-state index contributed by atoms with van der Waals surface area (Å²) in [5, 5.41) is 0.645. The van der Waals surface area contributed by atoms with Gasteiger partial charge in [0.25, 0.3) is 5.91 Å². The van der Waals surface area contributed by atoms with Crippen molar-refractivity contribution in [2.75, 3.05) is 12.0 Å². The lowest BCUT2D eigenvalue weighted by molar-refractivity contribution is -0.113. The van der Waals surface area contributed by atoms with Crippen LogP contribution in [0.2, 0.25) is 5.02 Å². The number of methoxy groups -OCH3 is 1. The summed E-state index contributed by atoms with van der Waals surface area (Å²) >= 11 is 16.5. The van der Waals surface area contributed by atoms with Crippen LogP contribution < -0.4 is 14.4 Å². The average molecular weight is 547 g/mol. The Morgan fingerprint density at radius 2 is 1.88 bits per heavy atom. The minimum atomic E-state index is -0.179. The number of thiocarbonyl (C=S) groups is 1. The van der Waals surface area contributed by atoms with E-state index in [-0.39, 0.29) is 5.91 Å². The molecule has 3 aromatic rings. The molecule has 3 aromatic carbocycles. The Morgan fingerprint density at radius 1 is 1.12 bits per heavy atom. The van der Waals surface area contributed by atoms with Crippen molar-refractivity contribution in [2.24, 2.45) is 0 Å². The van der Waals surface area contributed by atoms with Crippen LogP contribution in [-0.2, 0) is 11.4 Å². The van der Waals surface area contributed by atoms with Gasteiger partial charge in [0.05, 0.1) is 17.7 Å². The molecule has 4 rings (SSSR count). The number of benzene rings is 3. The van der Waals surface area contributed by atoms with Crippen molar-refractivity contribution >= 4 is 73.5 Å². The average Bonchev–Trinajstić information content (AvgIpc) is 3.07. The number of carbonyl (C=O) groups excluding carboxylic acids is 1. The van der Waals surface area contributed by atoms with E-state index in [1.54, 1.807) is 25.3 Å². The van der Waals surface area contributed by atoms with Gasteiger partial charge < -0.3 is 9.47 Å². The van der Waals surface area contributed by atoms with Gasteiger partial charge in [0.15, 0.2) is 4.32 Å². The fourth-order valence-electron chi connectivity index (χ4n) is 3.10. The van der Waals surface area contributed by atoms with Gasteiger partial charge in [-0.3, -0.25) is 9.69 Å². The number of rotatable bonds is 6. The molecular formula is C24H17BrClNO3S2. The van der Waals surface area contributed by atoms with Crippen molar-refractivity contribution in [3.63, 3.8) is 0 Å². The summed E-state index contributed by atoms with van der Waals surface area (Å²) in [6.07, 6.45) is 1.80. The number of carbonyl (C=O) groups is 1. The highest BCUT2D eigenvalue weighted by Gasteiger charge is 2.33. The molecule has 0 aromatic heterocycles. The van der Waals surface area contributed by atoms with Crippen LogP contribution in [0.5, 0.6) is 11.5 Å². The highest BCUT2D eigenvalue weighted by molar-refractivity contribution is 9.10. The molecule has 0 atom stereocenters. The molecular weight excluding hydrogens is 530 g/mol. The Kier molecular flexibility index (Phi) is 7.20. The maximum atomic E-state index is 13.1. The third kappa shape index (κ3) is 5.02. The van der Waals surface area contributed by atoms with E-state index in [1.165, 1.54) is 16.7 Å². The number of nitrogens with zero attached hydrogens (tertiary/aromatic N) is 1. The summed E-state index contributed by atoms with van der Waals surface area (Å²) in [6, 6.07) is 20.4. The van der Waals surface area contributed by atoms with Crippen LogP contribution in [0.25, 0.3) is 6.08 Å². The van der Waals surface area contributed by atoms with Gasteiger partial charge in [-0.1, -0.05) is 69.7 Å². The van der Waals surface area contributed by atoms with Crippen molar-refractivity contribution in [1.29, 1.82) is 0 Å². The number of halogens is 2. The highest BCUT2D eigenvalue weighted by Crippen LogP contribution is 2.38. The Hall–Kier alpha value is -2.32. The van der Waals surface area contributed by atoms with E-state index < -0.39 is 0 Å². The predicted octanol–water partition coefficient (Wildman–Crippen LogP) is 7.10. The first-order valence-corrected chi connectivity index (χ1v) is 11.9. The molecule has 0 aliphatic carbocycles. The monoisotopic (exact) mass is 545 g/mol. The SMILES string of the molecule is COc1ccc(N2C(=O)/C(=C/c3cc(Br)ccc3OCc3ccccc3Cl)SC2=S)cc1. The molecule has 1 amide bonds. The van der Waals surface area contributed by atoms with Crippen molar-refractivity contribution < 1.29 is 14.3 Å². The van der Waals surface area contributed by atoms with Crippen LogP contribution in [0, 0.1) is 0 Å². The van der Waals surface area contributed by atoms with Crippen molar-refractivity contribution in [1.82, 2.24) is 0 Å². The molecule has 32 heavy (non-hydrogen) atoms. The fraction of sp³-hybridized carbons (Fsp3) is 0.0833. The first kappa shape index (κ1) is 22.9. The van der Waals surface area contributed by atoms with Crippen LogP contribution in [0.4, 0.5) is 5.69 Å². The van der Waals surface area contributed by atoms with Crippen molar-refractivity contribution in [3.05, 3.63) is 92.3 Å². The van der Waals surface area contributed by atoms with Crippen molar-refractivity contribution in [3.8, 4) is 11.5 Å². The van der Waals surface area contributed by atoms with Crippen LogP contribution >= 0.6 is 51.5 Å². The van der Waals surface area contributed by atoms with Gasteiger partial charge >= 0.3 is 0 Å². The lowest BCUT2D eigenvalue weighted by Crippen LogP contribution is -2.27. The Bertz CT molecular complexity index is 1210. The standard InChI is InChI=1S/C24H17BrClNO3S2/c1-29-19-9-7-18(8-10-19)27-23(28)22(32-24(27)31)13-16-12-17(25)6-11-21(16)30-14-15-4-2-3-5-20(15)26/h2-13H,14H2,1H3/b22-13-. The molecule has 1 fully saturated rings. The number of amides is 1. The first-order valence-electron chi connectivity index (χ1n) is 9.54. The zero-order valence-corrected chi connectivity index (χ0v) is 20.9. The number of anilines is 1. The topological polar surface area (TPSA) is 38.8 Å². The molecule has 1 aliphatic heterocycles. The maximum Gasteiger partial charge on any atom is 0.270 e. The summed E-state index contributed by atoms with van der Waals surface area (Å²) in [6.45, 7) is 0.314. The lowest BCUT2D eigenvalue weighted by Gasteiger charge is -2.15. The Morgan fingerprint density at radius 3 is 2.59 bits per heavy atom. The molecule has 1 saturated heterocycles. The quantitative estimate of drug-likeness (QED) is 0.244. The molecule has 1 aliphatic rings. The van der Waals surface area contributed by atoms with E-state index in [0.29, 0.717) is 38.0 Å². The third-order valence-electron chi connectivity index (χ3n) is 4.72. The number of ether oxygens (including phenoxy) is 2. The Balaban J connectivity index is 1.60. The van der Waals surface area contributed by atoms with Gasteiger partial charge in [-0.25, -0.2) is 0 Å². The summed E-state index contributed by atoms with van der Waals surface area (Å²) in [5.74, 6) is 1.18. The molecule has 0 bridgehead atoms. The lowest BCUT2D eigenvalue weighted by atomic mass is 10.1. The maximum absolute atomic E-state index is 13.1. The summed E-state index contributed by atoms with van der Waals surface area (Å²) in [4.78, 5) is 15.2. The molecule has 1 heterocycles. The third-order valence-corrected chi connectivity index (χ3v) is 6.89. The van der Waals surface area contributed by atoms with Crippen molar-refractivity contribution in [2.45, 2.75) is 6.61 Å². The van der Waals surface area contributed by atoms with Gasteiger partial charge in [0, 0.05) is 20.6 Å². The summed E-state index contributed by atoms with van der Waals surface area (Å²) in [7, 11) is 1.60.